The molecule has 0 bridgehead atoms. The normalized spacial score (nSPS) is 18.1. The molecular weight excluding hydrogens is 378 g/mol. The van der Waals surface area contributed by atoms with Crippen LogP contribution in [0, 0.1) is 5.92 Å². The van der Waals surface area contributed by atoms with Crippen LogP contribution in [0.5, 0.6) is 0 Å². The quantitative estimate of drug-likeness (QED) is 0.789. The number of likely N-dealkylation sites (tertiary alicyclic amines) is 1. The van der Waals surface area contributed by atoms with Gasteiger partial charge in [0.05, 0.1) is 0 Å². The van der Waals surface area contributed by atoms with Gasteiger partial charge in [0.25, 0.3) is 5.91 Å². The third-order valence-corrected chi connectivity index (χ3v) is 6.04. The van der Waals surface area contributed by atoms with Gasteiger partial charge in [0.2, 0.25) is 5.91 Å². The molecule has 1 aliphatic carbocycles. The SMILES string of the molecule is O=C(Nc1ccccc1)c1ccc(NC2CCN(C(=O)C3CCCCC3)CC2)nn1. The van der Waals surface area contributed by atoms with E-state index in [0.717, 1.165) is 44.5 Å². The second kappa shape index (κ2) is 9.69. The van der Waals surface area contributed by atoms with E-state index in [4.69, 9.17) is 0 Å². The largest absolute Gasteiger partial charge is 0.366 e. The molecule has 1 saturated carbocycles. The molecule has 2 aliphatic rings. The number of aromatic nitrogens is 2. The lowest BCUT2D eigenvalue weighted by molar-refractivity contribution is -0.137. The Morgan fingerprint density at radius 3 is 2.27 bits per heavy atom. The van der Waals surface area contributed by atoms with Crippen molar-refractivity contribution in [2.24, 2.45) is 5.92 Å². The maximum absolute atomic E-state index is 12.7. The molecule has 2 heterocycles. The van der Waals surface area contributed by atoms with E-state index in [1.54, 1.807) is 12.1 Å². The van der Waals surface area contributed by atoms with Gasteiger partial charge in [-0.1, -0.05) is 37.5 Å². The summed E-state index contributed by atoms with van der Waals surface area (Å²) >= 11 is 0. The van der Waals surface area contributed by atoms with Crippen LogP contribution in [0.1, 0.15) is 55.4 Å². The zero-order valence-corrected chi connectivity index (χ0v) is 17.2. The molecule has 1 saturated heterocycles. The molecule has 2 fully saturated rings. The number of hydrogen-bond donors (Lipinski definition) is 2. The highest BCUT2D eigenvalue weighted by Crippen LogP contribution is 2.27. The summed E-state index contributed by atoms with van der Waals surface area (Å²) in [6, 6.07) is 13.0. The highest BCUT2D eigenvalue weighted by atomic mass is 16.2. The number of anilines is 2. The van der Waals surface area contributed by atoms with Crippen molar-refractivity contribution in [1.29, 1.82) is 0 Å². The smallest absolute Gasteiger partial charge is 0.276 e. The van der Waals surface area contributed by atoms with Gasteiger partial charge in [0.1, 0.15) is 5.82 Å². The van der Waals surface area contributed by atoms with E-state index in [1.165, 1.54) is 19.3 Å². The molecule has 2 amide bonds. The number of benzene rings is 1. The molecule has 1 aromatic heterocycles. The van der Waals surface area contributed by atoms with Gasteiger partial charge < -0.3 is 15.5 Å². The number of piperidine rings is 1. The van der Waals surface area contributed by atoms with E-state index in [9.17, 15) is 9.59 Å². The minimum atomic E-state index is -0.283. The highest BCUT2D eigenvalue weighted by molar-refractivity contribution is 6.02. The number of nitrogens with one attached hydrogen (secondary N) is 2. The number of para-hydroxylation sites is 1. The number of nitrogens with zero attached hydrogens (tertiary/aromatic N) is 3. The van der Waals surface area contributed by atoms with Gasteiger partial charge in [-0.25, -0.2) is 0 Å². The van der Waals surface area contributed by atoms with Crippen molar-refractivity contribution in [1.82, 2.24) is 15.1 Å². The van der Waals surface area contributed by atoms with Crippen LogP contribution in [0.3, 0.4) is 0 Å². The molecule has 4 rings (SSSR count). The Bertz CT molecular complexity index is 842. The van der Waals surface area contributed by atoms with E-state index >= 15 is 0 Å². The van der Waals surface area contributed by atoms with Crippen LogP contribution in [0.2, 0.25) is 0 Å². The standard InChI is InChI=1S/C23H29N5O2/c29-22(25-18-9-5-2-6-10-18)20-11-12-21(27-26-20)24-19-13-15-28(16-14-19)23(30)17-7-3-1-4-8-17/h2,5-6,9-12,17,19H,1,3-4,7-8,13-16H2,(H,24,27)(H,25,29). The maximum atomic E-state index is 12.7. The zero-order valence-electron chi connectivity index (χ0n) is 17.2. The van der Waals surface area contributed by atoms with Gasteiger partial charge in [-0.3, -0.25) is 9.59 Å². The van der Waals surface area contributed by atoms with Crippen LogP contribution in [-0.4, -0.2) is 46.0 Å². The Labute approximate surface area is 177 Å². The lowest BCUT2D eigenvalue weighted by Crippen LogP contribution is -2.45. The number of rotatable bonds is 5. The van der Waals surface area contributed by atoms with Gasteiger partial charge in [-0.2, -0.15) is 0 Å². The Hall–Kier alpha value is -2.96. The van der Waals surface area contributed by atoms with Crippen molar-refractivity contribution in [3.05, 3.63) is 48.2 Å². The summed E-state index contributed by atoms with van der Waals surface area (Å²) < 4.78 is 0. The van der Waals surface area contributed by atoms with Gasteiger partial charge in [-0.05, 0) is 49.9 Å². The fourth-order valence-electron chi connectivity index (χ4n) is 4.31. The first kappa shape index (κ1) is 20.3. The fraction of sp³-hybridized carbons (Fsp3) is 0.478. The lowest BCUT2D eigenvalue weighted by atomic mass is 9.87. The molecule has 0 unspecified atom stereocenters. The Morgan fingerprint density at radius 2 is 1.60 bits per heavy atom. The van der Waals surface area contributed by atoms with Crippen LogP contribution in [0.4, 0.5) is 11.5 Å². The van der Waals surface area contributed by atoms with Crippen molar-refractivity contribution in [3.63, 3.8) is 0 Å². The van der Waals surface area contributed by atoms with E-state index < -0.39 is 0 Å². The zero-order chi connectivity index (χ0) is 20.8. The molecule has 2 N–H and O–H groups in total. The highest BCUT2D eigenvalue weighted by Gasteiger charge is 2.29. The predicted molar refractivity (Wildman–Crippen MR) is 116 cm³/mol. The van der Waals surface area contributed by atoms with Gasteiger partial charge >= 0.3 is 0 Å². The summed E-state index contributed by atoms with van der Waals surface area (Å²) in [7, 11) is 0. The molecule has 7 heteroatoms. The predicted octanol–water partition coefficient (Wildman–Crippen LogP) is 3.71. The second-order valence-electron chi connectivity index (χ2n) is 8.20. The van der Waals surface area contributed by atoms with Crippen LogP contribution in [0.15, 0.2) is 42.5 Å². The van der Waals surface area contributed by atoms with Gasteiger partial charge in [-0.15, -0.1) is 10.2 Å². The molecule has 1 aliphatic heterocycles. The topological polar surface area (TPSA) is 87.2 Å². The van der Waals surface area contributed by atoms with Crippen LogP contribution >= 0.6 is 0 Å². The first-order valence-corrected chi connectivity index (χ1v) is 10.9. The van der Waals surface area contributed by atoms with Crippen LogP contribution in [0.25, 0.3) is 0 Å². The summed E-state index contributed by atoms with van der Waals surface area (Å²) in [5, 5.41) is 14.4. The third-order valence-electron chi connectivity index (χ3n) is 6.04. The third kappa shape index (κ3) is 5.14. The first-order valence-electron chi connectivity index (χ1n) is 10.9. The molecule has 0 radical (unpaired) electrons. The summed E-state index contributed by atoms with van der Waals surface area (Å²) in [4.78, 5) is 27.0. The van der Waals surface area contributed by atoms with Crippen LogP contribution in [-0.2, 0) is 4.79 Å². The molecule has 0 spiro atoms. The monoisotopic (exact) mass is 407 g/mol. The molecule has 2 aromatic rings. The van der Waals surface area contributed by atoms with Crippen molar-refractivity contribution in [2.45, 2.75) is 51.0 Å². The number of hydrogen-bond acceptors (Lipinski definition) is 5. The molecule has 1 aromatic carbocycles. The van der Waals surface area contributed by atoms with Crippen molar-refractivity contribution >= 4 is 23.3 Å². The fourth-order valence-corrected chi connectivity index (χ4v) is 4.31. The maximum Gasteiger partial charge on any atom is 0.276 e. The van der Waals surface area contributed by atoms with Crippen molar-refractivity contribution in [2.75, 3.05) is 23.7 Å². The number of carbonyl (C=O) groups excluding carboxylic acids is 2. The average molecular weight is 408 g/mol. The molecule has 0 atom stereocenters. The minimum Gasteiger partial charge on any atom is -0.366 e. The molecule has 158 valence electrons. The summed E-state index contributed by atoms with van der Waals surface area (Å²) in [5.41, 5.74) is 0.998. The van der Waals surface area contributed by atoms with E-state index in [-0.39, 0.29) is 23.6 Å². The lowest BCUT2D eigenvalue weighted by Gasteiger charge is -2.35. The van der Waals surface area contributed by atoms with Gasteiger partial charge in [0, 0.05) is 30.7 Å². The summed E-state index contributed by atoms with van der Waals surface area (Å²) in [5.74, 6) is 0.962. The first-order chi connectivity index (χ1) is 14.7. The van der Waals surface area contributed by atoms with E-state index in [2.05, 4.69) is 20.8 Å². The minimum absolute atomic E-state index is 0.240. The number of carbonyl (C=O) groups is 2. The Morgan fingerprint density at radius 1 is 0.867 bits per heavy atom. The van der Waals surface area contributed by atoms with Gasteiger partial charge in [0.15, 0.2) is 5.69 Å². The molecule has 30 heavy (non-hydrogen) atoms. The van der Waals surface area contributed by atoms with Crippen LogP contribution < -0.4 is 10.6 Å². The molecule has 7 nitrogen and oxygen atoms in total. The Kier molecular flexibility index (Phi) is 6.57. The summed E-state index contributed by atoms with van der Waals surface area (Å²) in [6.07, 6.45) is 7.54. The summed E-state index contributed by atoms with van der Waals surface area (Å²) in [6.45, 7) is 1.58. The van der Waals surface area contributed by atoms with Crippen molar-refractivity contribution in [3.8, 4) is 0 Å². The average Bonchev–Trinajstić information content (AvgIpc) is 2.81. The van der Waals surface area contributed by atoms with E-state index in [0.29, 0.717) is 11.7 Å². The Balaban J connectivity index is 1.25. The number of amides is 2. The second-order valence-corrected chi connectivity index (χ2v) is 8.20. The van der Waals surface area contributed by atoms with Crippen molar-refractivity contribution < 1.29 is 9.59 Å². The van der Waals surface area contributed by atoms with E-state index in [1.807, 2.05) is 35.2 Å². The molecular formula is C23H29N5O2.